The van der Waals surface area contributed by atoms with Crippen molar-refractivity contribution in [2.24, 2.45) is 11.0 Å². The zero-order chi connectivity index (χ0) is 19.2. The second-order valence-electron chi connectivity index (χ2n) is 6.29. The molecule has 1 saturated heterocycles. The Bertz CT molecular complexity index is 860. The molecule has 0 N–H and O–H groups in total. The fourth-order valence-corrected chi connectivity index (χ4v) is 3.34. The average Bonchev–Trinajstić information content (AvgIpc) is 3.07. The van der Waals surface area contributed by atoms with Gasteiger partial charge in [0.05, 0.1) is 12.3 Å². The summed E-state index contributed by atoms with van der Waals surface area (Å²) in [6.45, 7) is 6.64. The number of esters is 1. The van der Waals surface area contributed by atoms with E-state index in [0.717, 1.165) is 21.0 Å². The molecule has 26 heavy (non-hydrogen) atoms. The van der Waals surface area contributed by atoms with Crippen molar-refractivity contribution >= 4 is 35.1 Å². The van der Waals surface area contributed by atoms with Crippen molar-refractivity contribution in [3.63, 3.8) is 0 Å². The predicted octanol–water partition coefficient (Wildman–Crippen LogP) is 0.943. The third kappa shape index (κ3) is 2.58. The number of nitrogens with zero attached hydrogens (tertiary/aromatic N) is 3. The number of benzene rings is 1. The number of hydrogen-bond donors (Lipinski definition) is 0. The van der Waals surface area contributed by atoms with Gasteiger partial charge in [-0.1, -0.05) is 17.7 Å². The first-order valence-corrected chi connectivity index (χ1v) is 8.28. The zero-order valence-corrected chi connectivity index (χ0v) is 15.0. The van der Waals surface area contributed by atoms with E-state index in [1.807, 2.05) is 13.0 Å². The molecule has 3 amide bonds. The maximum atomic E-state index is 13.0. The van der Waals surface area contributed by atoms with Gasteiger partial charge in [-0.25, -0.2) is 14.7 Å². The Morgan fingerprint density at radius 1 is 1.19 bits per heavy atom. The highest BCUT2D eigenvalue weighted by Gasteiger charge is 2.59. The first-order valence-electron chi connectivity index (χ1n) is 8.28. The van der Waals surface area contributed by atoms with Crippen LogP contribution in [0, 0.1) is 19.8 Å². The summed E-state index contributed by atoms with van der Waals surface area (Å²) < 4.78 is 4.94. The molecule has 2 heterocycles. The molecule has 8 heteroatoms. The van der Waals surface area contributed by atoms with Crippen LogP contribution in [0.4, 0.5) is 5.69 Å². The predicted molar refractivity (Wildman–Crippen MR) is 92.3 cm³/mol. The van der Waals surface area contributed by atoms with Crippen LogP contribution < -0.4 is 4.90 Å². The lowest BCUT2D eigenvalue weighted by atomic mass is 9.98. The number of fused-ring (bicyclic) bond motifs is 1. The van der Waals surface area contributed by atoms with Crippen molar-refractivity contribution in [2.75, 3.05) is 11.5 Å². The van der Waals surface area contributed by atoms with Crippen LogP contribution in [-0.2, 0) is 23.9 Å². The van der Waals surface area contributed by atoms with Gasteiger partial charge in [0.2, 0.25) is 11.8 Å². The highest BCUT2D eigenvalue weighted by molar-refractivity contribution is 6.47. The number of carbonyl (C=O) groups is 4. The molecule has 2 aliphatic rings. The molecule has 8 nitrogen and oxygen atoms in total. The second kappa shape index (κ2) is 6.36. The first kappa shape index (κ1) is 17.8. The molecule has 2 aliphatic heterocycles. The van der Waals surface area contributed by atoms with Crippen LogP contribution in [0.3, 0.4) is 0 Å². The summed E-state index contributed by atoms with van der Waals surface area (Å²) in [5.74, 6) is -3.63. The van der Waals surface area contributed by atoms with Crippen LogP contribution in [0.15, 0.2) is 23.3 Å². The number of hydrogen-bond acceptors (Lipinski definition) is 6. The van der Waals surface area contributed by atoms with Crippen molar-refractivity contribution in [3.05, 3.63) is 29.3 Å². The summed E-state index contributed by atoms with van der Waals surface area (Å²) in [6.07, 6.45) is 0. The number of imide groups is 1. The Labute approximate surface area is 150 Å². The number of anilines is 1. The van der Waals surface area contributed by atoms with E-state index < -0.39 is 35.7 Å². The van der Waals surface area contributed by atoms with Gasteiger partial charge in [-0.3, -0.25) is 14.4 Å². The van der Waals surface area contributed by atoms with Gasteiger partial charge in [0.25, 0.3) is 5.91 Å². The summed E-state index contributed by atoms with van der Waals surface area (Å²) in [4.78, 5) is 51.1. The molecule has 0 radical (unpaired) electrons. The van der Waals surface area contributed by atoms with E-state index in [9.17, 15) is 19.2 Å². The summed E-state index contributed by atoms with van der Waals surface area (Å²) in [5.41, 5.74) is 1.96. The van der Waals surface area contributed by atoms with E-state index >= 15 is 0 Å². The Balaban J connectivity index is 2.06. The molecule has 1 aromatic carbocycles. The van der Waals surface area contributed by atoms with Crippen molar-refractivity contribution < 1.29 is 23.9 Å². The van der Waals surface area contributed by atoms with Crippen LogP contribution in [0.25, 0.3) is 0 Å². The number of hydrazone groups is 1. The lowest BCUT2D eigenvalue weighted by Crippen LogP contribution is -2.41. The SMILES string of the molecule is CCOC(=O)C1=NN(C(C)=O)[C@H]2C(=O)N(c3ccc(C)cc3C)C(=O)[C@H]12. The second-order valence-corrected chi connectivity index (χ2v) is 6.29. The number of ether oxygens (including phenoxy) is 1. The minimum absolute atomic E-state index is 0.0955. The summed E-state index contributed by atoms with van der Waals surface area (Å²) >= 11 is 0. The van der Waals surface area contributed by atoms with E-state index in [1.165, 1.54) is 6.92 Å². The largest absolute Gasteiger partial charge is 0.461 e. The molecule has 0 unspecified atom stereocenters. The van der Waals surface area contributed by atoms with Gasteiger partial charge in [0, 0.05) is 6.92 Å². The van der Waals surface area contributed by atoms with E-state index in [1.54, 1.807) is 26.0 Å². The molecular formula is C18H19N3O5. The van der Waals surface area contributed by atoms with Crippen LogP contribution in [0.5, 0.6) is 0 Å². The van der Waals surface area contributed by atoms with E-state index in [-0.39, 0.29) is 12.3 Å². The summed E-state index contributed by atoms with van der Waals surface area (Å²) in [6, 6.07) is 4.17. The summed E-state index contributed by atoms with van der Waals surface area (Å²) in [5, 5.41) is 4.82. The fourth-order valence-electron chi connectivity index (χ4n) is 3.34. The monoisotopic (exact) mass is 357 g/mol. The van der Waals surface area contributed by atoms with E-state index in [0.29, 0.717) is 5.69 Å². The molecule has 0 saturated carbocycles. The highest BCUT2D eigenvalue weighted by Crippen LogP contribution is 2.36. The van der Waals surface area contributed by atoms with E-state index in [2.05, 4.69) is 5.10 Å². The van der Waals surface area contributed by atoms with Gasteiger partial charge in [0.15, 0.2) is 11.8 Å². The van der Waals surface area contributed by atoms with Crippen molar-refractivity contribution in [1.82, 2.24) is 5.01 Å². The van der Waals surface area contributed by atoms with Crippen LogP contribution in [0.2, 0.25) is 0 Å². The molecule has 3 rings (SSSR count). The normalized spacial score (nSPS) is 21.8. The fraction of sp³-hybridized carbons (Fsp3) is 0.389. The van der Waals surface area contributed by atoms with Gasteiger partial charge in [-0.15, -0.1) is 0 Å². The summed E-state index contributed by atoms with van der Waals surface area (Å²) in [7, 11) is 0. The Hall–Kier alpha value is -3.03. The molecule has 0 aromatic heterocycles. The van der Waals surface area contributed by atoms with E-state index in [4.69, 9.17) is 4.74 Å². The van der Waals surface area contributed by atoms with Crippen molar-refractivity contribution in [2.45, 2.75) is 33.7 Å². The van der Waals surface area contributed by atoms with Crippen LogP contribution in [0.1, 0.15) is 25.0 Å². The van der Waals surface area contributed by atoms with Gasteiger partial charge in [0.1, 0.15) is 5.92 Å². The quantitative estimate of drug-likeness (QED) is 0.593. The van der Waals surface area contributed by atoms with Gasteiger partial charge in [-0.05, 0) is 32.4 Å². The van der Waals surface area contributed by atoms with Gasteiger partial charge in [-0.2, -0.15) is 5.10 Å². The number of amides is 3. The third-order valence-corrected chi connectivity index (χ3v) is 4.45. The maximum Gasteiger partial charge on any atom is 0.355 e. The standard InChI is InChI=1S/C18H19N3O5/c1-5-26-18(25)14-13-15(21(19-14)11(4)22)17(24)20(16(13)23)12-7-6-9(2)8-10(12)3/h6-8,13,15H,5H2,1-4H3/t13-,15-/m1/s1. The maximum absolute atomic E-state index is 13.0. The minimum Gasteiger partial charge on any atom is -0.461 e. The van der Waals surface area contributed by atoms with Gasteiger partial charge < -0.3 is 4.74 Å². The Morgan fingerprint density at radius 2 is 1.88 bits per heavy atom. The van der Waals surface area contributed by atoms with Crippen molar-refractivity contribution in [3.8, 4) is 0 Å². The molecule has 0 aliphatic carbocycles. The Morgan fingerprint density at radius 3 is 2.46 bits per heavy atom. The number of carbonyl (C=O) groups excluding carboxylic acids is 4. The third-order valence-electron chi connectivity index (χ3n) is 4.45. The lowest BCUT2D eigenvalue weighted by molar-refractivity contribution is -0.136. The smallest absolute Gasteiger partial charge is 0.355 e. The lowest BCUT2D eigenvalue weighted by Gasteiger charge is -2.20. The van der Waals surface area contributed by atoms with Crippen LogP contribution in [-0.4, -0.2) is 47.1 Å². The van der Waals surface area contributed by atoms with Gasteiger partial charge >= 0.3 is 5.97 Å². The molecule has 0 spiro atoms. The topological polar surface area (TPSA) is 96.3 Å². The molecular weight excluding hydrogens is 338 g/mol. The number of rotatable bonds is 3. The molecule has 1 fully saturated rings. The molecule has 0 bridgehead atoms. The molecule has 136 valence electrons. The zero-order valence-electron chi connectivity index (χ0n) is 15.0. The highest BCUT2D eigenvalue weighted by atomic mass is 16.5. The minimum atomic E-state index is -1.15. The molecule has 1 aromatic rings. The number of aryl methyl sites for hydroxylation is 2. The Kier molecular flexibility index (Phi) is 4.35. The van der Waals surface area contributed by atoms with Crippen LogP contribution >= 0.6 is 0 Å². The average molecular weight is 357 g/mol. The first-order chi connectivity index (χ1) is 12.3. The van der Waals surface area contributed by atoms with Crippen molar-refractivity contribution in [1.29, 1.82) is 0 Å². The molecule has 2 atom stereocenters.